The highest BCUT2D eigenvalue weighted by molar-refractivity contribution is 6.01. The summed E-state index contributed by atoms with van der Waals surface area (Å²) in [7, 11) is 1.38. The Balaban J connectivity index is 1.74. The van der Waals surface area contributed by atoms with E-state index in [1.54, 1.807) is 0 Å². The number of ketones is 1. The first-order valence-corrected chi connectivity index (χ1v) is 10.0. The molecule has 1 saturated heterocycles. The maximum Gasteiger partial charge on any atom is 0.332 e. The van der Waals surface area contributed by atoms with Gasteiger partial charge in [0.15, 0.2) is 5.78 Å². The van der Waals surface area contributed by atoms with Crippen LogP contribution >= 0.6 is 0 Å². The number of aromatic nitrogens is 2. The molecule has 0 unspecified atom stereocenters. The summed E-state index contributed by atoms with van der Waals surface area (Å²) in [5.41, 5.74) is 7.31. The molecule has 0 amide bonds. The third-order valence-electron chi connectivity index (χ3n) is 5.50. The van der Waals surface area contributed by atoms with Gasteiger partial charge in [0.25, 0.3) is 5.56 Å². The number of hydrogen-bond acceptors (Lipinski definition) is 6. The third-order valence-corrected chi connectivity index (χ3v) is 5.50. The van der Waals surface area contributed by atoms with E-state index in [1.807, 2.05) is 24.0 Å². The zero-order chi connectivity index (χ0) is 21.1. The minimum absolute atomic E-state index is 0.0245. The molecule has 8 heteroatoms. The van der Waals surface area contributed by atoms with Gasteiger partial charge in [-0.05, 0) is 25.0 Å². The number of nitrogens with two attached hydrogens (primary N) is 1. The molecule has 156 valence electrons. The Morgan fingerprint density at radius 1 is 1.10 bits per heavy atom. The molecule has 2 N–H and O–H groups in total. The quantitative estimate of drug-likeness (QED) is 0.724. The van der Waals surface area contributed by atoms with Gasteiger partial charge in [-0.2, -0.15) is 0 Å². The zero-order valence-electron chi connectivity index (χ0n) is 17.4. The second-order valence-corrected chi connectivity index (χ2v) is 7.53. The summed E-state index contributed by atoms with van der Waals surface area (Å²) in [6.45, 7) is 7.53. The molecule has 1 fully saturated rings. The molecule has 2 aromatic rings. The number of nitrogen functional groups attached to an aromatic ring is 1. The van der Waals surface area contributed by atoms with E-state index in [1.165, 1.54) is 22.9 Å². The van der Waals surface area contributed by atoms with Gasteiger partial charge in [-0.3, -0.25) is 23.6 Å². The van der Waals surface area contributed by atoms with Gasteiger partial charge in [-0.15, -0.1) is 0 Å². The fourth-order valence-corrected chi connectivity index (χ4v) is 3.83. The summed E-state index contributed by atoms with van der Waals surface area (Å²) < 4.78 is 2.28. The molecule has 29 heavy (non-hydrogen) atoms. The Kier molecular flexibility index (Phi) is 6.22. The van der Waals surface area contributed by atoms with Crippen molar-refractivity contribution in [3.05, 3.63) is 56.2 Å². The van der Waals surface area contributed by atoms with E-state index in [-0.39, 0.29) is 23.7 Å². The monoisotopic (exact) mass is 399 g/mol. The van der Waals surface area contributed by atoms with Crippen LogP contribution in [0.4, 0.5) is 11.5 Å². The molecule has 1 aromatic carbocycles. The molecule has 0 spiro atoms. The van der Waals surface area contributed by atoms with E-state index in [0.29, 0.717) is 13.0 Å². The molecule has 1 aliphatic rings. The number of carbonyl (C=O) groups is 1. The lowest BCUT2D eigenvalue weighted by Crippen LogP contribution is -2.49. The maximum absolute atomic E-state index is 12.9. The molecule has 1 aromatic heterocycles. The number of benzene rings is 1. The number of hydrogen-bond donors (Lipinski definition) is 1. The van der Waals surface area contributed by atoms with Crippen LogP contribution in [0.25, 0.3) is 0 Å². The van der Waals surface area contributed by atoms with Crippen molar-refractivity contribution in [3.63, 3.8) is 0 Å². The van der Waals surface area contributed by atoms with E-state index in [2.05, 4.69) is 24.0 Å². The van der Waals surface area contributed by atoms with Crippen LogP contribution < -0.4 is 21.9 Å². The largest absolute Gasteiger partial charge is 0.384 e. The van der Waals surface area contributed by atoms with E-state index in [9.17, 15) is 14.4 Å². The summed E-state index contributed by atoms with van der Waals surface area (Å²) in [6.07, 6.45) is 0.677. The van der Waals surface area contributed by atoms with Gasteiger partial charge in [-0.1, -0.05) is 25.1 Å². The molecule has 0 saturated carbocycles. The molecule has 8 nitrogen and oxygen atoms in total. The molecule has 0 atom stereocenters. The molecular formula is C21H29N5O3. The average molecular weight is 399 g/mol. The van der Waals surface area contributed by atoms with E-state index >= 15 is 0 Å². The van der Waals surface area contributed by atoms with Gasteiger partial charge in [0.2, 0.25) is 0 Å². The van der Waals surface area contributed by atoms with Crippen molar-refractivity contribution < 1.29 is 4.79 Å². The molecule has 2 heterocycles. The Labute approximate surface area is 170 Å². The number of nitrogens with zero attached hydrogens (tertiary/aromatic N) is 4. The van der Waals surface area contributed by atoms with Gasteiger partial charge in [0, 0.05) is 45.5 Å². The highest BCUT2D eigenvalue weighted by atomic mass is 16.2. The second kappa shape index (κ2) is 8.65. The Hall–Kier alpha value is -2.87. The third kappa shape index (κ3) is 4.12. The van der Waals surface area contributed by atoms with Crippen LogP contribution in [0.3, 0.4) is 0 Å². The van der Waals surface area contributed by atoms with Crippen LogP contribution in [0.2, 0.25) is 0 Å². The number of para-hydroxylation sites is 1. The second-order valence-electron chi connectivity index (χ2n) is 7.53. The number of piperazine rings is 1. The van der Waals surface area contributed by atoms with Gasteiger partial charge in [-0.25, -0.2) is 4.79 Å². The molecule has 0 radical (unpaired) electrons. The van der Waals surface area contributed by atoms with Crippen molar-refractivity contribution in [2.24, 2.45) is 7.05 Å². The lowest BCUT2D eigenvalue weighted by molar-refractivity contribution is 0.0924. The first kappa shape index (κ1) is 20.9. The van der Waals surface area contributed by atoms with E-state index < -0.39 is 11.2 Å². The van der Waals surface area contributed by atoms with Crippen LogP contribution in [0.5, 0.6) is 0 Å². The number of Topliss-reactive ketones (excluding diaryl/α,β-unsaturated/α-hetero) is 1. The Bertz CT molecular complexity index is 1020. The molecule has 0 bridgehead atoms. The minimum Gasteiger partial charge on any atom is -0.384 e. The van der Waals surface area contributed by atoms with Gasteiger partial charge in [0.05, 0.1) is 6.54 Å². The fraction of sp³-hybridized carbons (Fsp3) is 0.476. The molecule has 1 aliphatic heterocycles. The minimum atomic E-state index is -0.622. The van der Waals surface area contributed by atoms with Crippen molar-refractivity contribution in [3.8, 4) is 0 Å². The molecular weight excluding hydrogens is 370 g/mol. The summed E-state index contributed by atoms with van der Waals surface area (Å²) in [5.74, 6) is -0.360. The Morgan fingerprint density at radius 3 is 2.38 bits per heavy atom. The zero-order valence-corrected chi connectivity index (χ0v) is 17.4. The van der Waals surface area contributed by atoms with Crippen LogP contribution in [-0.4, -0.2) is 52.5 Å². The van der Waals surface area contributed by atoms with Crippen LogP contribution in [0.15, 0.2) is 33.9 Å². The number of carbonyl (C=O) groups excluding carboxylic acids is 1. The van der Waals surface area contributed by atoms with E-state index in [4.69, 9.17) is 5.73 Å². The Morgan fingerprint density at radius 2 is 1.76 bits per heavy atom. The highest BCUT2D eigenvalue weighted by Gasteiger charge is 2.25. The summed E-state index contributed by atoms with van der Waals surface area (Å²) in [6, 6.07) is 8.26. The topological polar surface area (TPSA) is 93.6 Å². The predicted octanol–water partition coefficient (Wildman–Crippen LogP) is 0.853. The SMILES string of the molecule is CCCn1c(N)c(C(=O)CN2CCN(c3ccccc3C)CC2)c(=O)n(C)c1=O. The van der Waals surface area contributed by atoms with Crippen LogP contribution in [0, 0.1) is 6.92 Å². The highest BCUT2D eigenvalue weighted by Crippen LogP contribution is 2.21. The van der Waals surface area contributed by atoms with Crippen molar-refractivity contribution in [2.75, 3.05) is 43.4 Å². The van der Waals surface area contributed by atoms with Gasteiger partial charge < -0.3 is 10.6 Å². The van der Waals surface area contributed by atoms with Crippen LogP contribution in [-0.2, 0) is 13.6 Å². The van der Waals surface area contributed by atoms with Gasteiger partial charge in [0.1, 0.15) is 11.4 Å². The molecule has 3 rings (SSSR count). The van der Waals surface area contributed by atoms with Crippen molar-refractivity contribution in [1.82, 2.24) is 14.0 Å². The standard InChI is InChI=1S/C21H29N5O3/c1-4-9-26-19(22)18(20(28)23(3)21(26)29)17(27)14-24-10-12-25(13-11-24)16-8-6-5-7-15(16)2/h5-8H,4,9-14,22H2,1-3H3. The summed E-state index contributed by atoms with van der Waals surface area (Å²) in [5, 5.41) is 0. The smallest absolute Gasteiger partial charge is 0.332 e. The summed E-state index contributed by atoms with van der Waals surface area (Å²) >= 11 is 0. The van der Waals surface area contributed by atoms with Crippen molar-refractivity contribution >= 4 is 17.3 Å². The fourth-order valence-electron chi connectivity index (χ4n) is 3.83. The van der Waals surface area contributed by atoms with Crippen molar-refractivity contribution in [1.29, 1.82) is 0 Å². The normalized spacial score (nSPS) is 14.9. The maximum atomic E-state index is 12.9. The lowest BCUT2D eigenvalue weighted by atomic mass is 10.1. The first-order valence-electron chi connectivity index (χ1n) is 10.0. The number of rotatable bonds is 6. The number of anilines is 2. The molecule has 0 aliphatic carbocycles. The van der Waals surface area contributed by atoms with E-state index in [0.717, 1.165) is 30.7 Å². The summed E-state index contributed by atoms with van der Waals surface area (Å²) in [4.78, 5) is 42.1. The van der Waals surface area contributed by atoms with Gasteiger partial charge >= 0.3 is 5.69 Å². The lowest BCUT2D eigenvalue weighted by Gasteiger charge is -2.36. The first-order chi connectivity index (χ1) is 13.8. The predicted molar refractivity (Wildman–Crippen MR) is 115 cm³/mol. The van der Waals surface area contributed by atoms with Crippen molar-refractivity contribution in [2.45, 2.75) is 26.8 Å². The average Bonchev–Trinajstić information content (AvgIpc) is 2.71. The number of aryl methyl sites for hydroxylation is 1. The van der Waals surface area contributed by atoms with Crippen LogP contribution in [0.1, 0.15) is 29.3 Å².